The monoisotopic (exact) mass is 284 g/mol. The summed E-state index contributed by atoms with van der Waals surface area (Å²) < 4.78 is 0. The Morgan fingerprint density at radius 3 is 2.71 bits per heavy atom. The highest BCUT2D eigenvalue weighted by Gasteiger charge is 2.32. The van der Waals surface area contributed by atoms with Gasteiger partial charge in [-0.05, 0) is 60.9 Å². The van der Waals surface area contributed by atoms with Crippen LogP contribution in [0.2, 0.25) is 0 Å². The Kier molecular flexibility index (Phi) is 4.64. The van der Waals surface area contributed by atoms with Crippen LogP contribution in [-0.4, -0.2) is 31.6 Å². The molecule has 0 radical (unpaired) electrons. The van der Waals surface area contributed by atoms with Gasteiger partial charge in [0.1, 0.15) is 0 Å². The molecule has 21 heavy (non-hydrogen) atoms. The average molecular weight is 284 g/mol. The van der Waals surface area contributed by atoms with Crippen LogP contribution in [0.4, 0.5) is 5.69 Å². The minimum atomic E-state index is 0.988. The first-order valence-corrected chi connectivity index (χ1v) is 8.44. The molecule has 1 heterocycles. The third kappa shape index (κ3) is 3.49. The van der Waals surface area contributed by atoms with Gasteiger partial charge in [0.15, 0.2) is 0 Å². The zero-order valence-electron chi connectivity index (χ0n) is 13.3. The van der Waals surface area contributed by atoms with E-state index in [1.54, 1.807) is 0 Å². The van der Waals surface area contributed by atoms with E-state index in [0.29, 0.717) is 0 Å². The maximum atomic E-state index is 4.28. The summed E-state index contributed by atoms with van der Waals surface area (Å²) in [5.41, 5.74) is 3.71. The molecule has 2 atom stereocenters. The van der Waals surface area contributed by atoms with E-state index in [1.165, 1.54) is 56.5 Å². The zero-order chi connectivity index (χ0) is 14.7. The lowest BCUT2D eigenvalue weighted by atomic mass is 9.88. The van der Waals surface area contributed by atoms with Crippen LogP contribution >= 0.6 is 0 Å². The van der Waals surface area contributed by atoms with Crippen LogP contribution in [0.1, 0.15) is 37.7 Å². The maximum absolute atomic E-state index is 4.28. The van der Waals surface area contributed by atoms with Gasteiger partial charge >= 0.3 is 0 Å². The number of piperidine rings is 1. The highest BCUT2D eigenvalue weighted by molar-refractivity contribution is 5.65. The molecule has 0 bridgehead atoms. The predicted molar refractivity (Wildman–Crippen MR) is 91.5 cm³/mol. The molecule has 3 rings (SSSR count). The molecule has 1 saturated heterocycles. The van der Waals surface area contributed by atoms with Gasteiger partial charge in [-0.1, -0.05) is 31.6 Å². The maximum Gasteiger partial charge on any atom is 0.0337 e. The van der Waals surface area contributed by atoms with Crippen LogP contribution in [-0.2, 0) is 0 Å². The van der Waals surface area contributed by atoms with Crippen LogP contribution in [0.3, 0.4) is 0 Å². The molecule has 0 aromatic heterocycles. The summed E-state index contributed by atoms with van der Waals surface area (Å²) in [6.07, 6.45) is 6.94. The van der Waals surface area contributed by atoms with E-state index in [1.807, 2.05) is 7.05 Å². The number of hydrogen-bond donors (Lipinski definition) is 1. The van der Waals surface area contributed by atoms with Crippen molar-refractivity contribution in [3.05, 3.63) is 36.4 Å². The Morgan fingerprint density at radius 2 is 1.95 bits per heavy atom. The highest BCUT2D eigenvalue weighted by Crippen LogP contribution is 2.37. The lowest BCUT2D eigenvalue weighted by Crippen LogP contribution is -2.38. The fourth-order valence-electron chi connectivity index (χ4n) is 4.02. The van der Waals surface area contributed by atoms with Crippen LogP contribution in [0.5, 0.6) is 0 Å². The first-order valence-electron chi connectivity index (χ1n) is 8.44. The molecule has 2 heteroatoms. The minimum Gasteiger partial charge on any atom is -0.388 e. The van der Waals surface area contributed by atoms with Crippen LogP contribution < -0.4 is 5.32 Å². The Hall–Kier alpha value is -1.28. The van der Waals surface area contributed by atoms with Crippen molar-refractivity contribution in [2.75, 3.05) is 32.0 Å². The Balaban J connectivity index is 1.49. The number of nitrogens with zero attached hydrogens (tertiary/aromatic N) is 1. The minimum absolute atomic E-state index is 0.988. The molecular weight excluding hydrogens is 256 g/mol. The largest absolute Gasteiger partial charge is 0.388 e. The molecule has 1 aliphatic heterocycles. The number of likely N-dealkylation sites (tertiary alicyclic amines) is 1. The van der Waals surface area contributed by atoms with Gasteiger partial charge in [0.25, 0.3) is 0 Å². The summed E-state index contributed by atoms with van der Waals surface area (Å²) in [6.45, 7) is 8.09. The molecule has 114 valence electrons. The summed E-state index contributed by atoms with van der Waals surface area (Å²) >= 11 is 0. The van der Waals surface area contributed by atoms with Crippen molar-refractivity contribution in [2.45, 2.75) is 32.1 Å². The fourth-order valence-corrected chi connectivity index (χ4v) is 4.02. The molecule has 0 amide bonds. The van der Waals surface area contributed by atoms with Gasteiger partial charge in [0.05, 0.1) is 0 Å². The van der Waals surface area contributed by atoms with E-state index in [0.717, 1.165) is 23.9 Å². The molecule has 1 aliphatic carbocycles. The van der Waals surface area contributed by atoms with Crippen molar-refractivity contribution in [3.8, 4) is 0 Å². The second-order valence-corrected chi connectivity index (χ2v) is 6.72. The van der Waals surface area contributed by atoms with Crippen molar-refractivity contribution < 1.29 is 0 Å². The Morgan fingerprint density at radius 1 is 1.19 bits per heavy atom. The second-order valence-electron chi connectivity index (χ2n) is 6.72. The molecule has 2 nitrogen and oxygen atoms in total. The van der Waals surface area contributed by atoms with Gasteiger partial charge in [0.2, 0.25) is 0 Å². The van der Waals surface area contributed by atoms with Crippen molar-refractivity contribution in [1.29, 1.82) is 0 Å². The van der Waals surface area contributed by atoms with Crippen molar-refractivity contribution >= 4 is 11.3 Å². The van der Waals surface area contributed by atoms with Gasteiger partial charge in [-0.3, -0.25) is 0 Å². The van der Waals surface area contributed by atoms with Gasteiger partial charge in [-0.25, -0.2) is 0 Å². The summed E-state index contributed by atoms with van der Waals surface area (Å²) in [5, 5.41) is 3.16. The molecular formula is C19H28N2. The van der Waals surface area contributed by atoms with E-state index < -0.39 is 0 Å². The zero-order valence-corrected chi connectivity index (χ0v) is 13.3. The topological polar surface area (TPSA) is 15.3 Å². The third-order valence-corrected chi connectivity index (χ3v) is 5.44. The molecule has 1 saturated carbocycles. The molecule has 1 aromatic carbocycles. The van der Waals surface area contributed by atoms with E-state index in [2.05, 4.69) is 41.1 Å². The summed E-state index contributed by atoms with van der Waals surface area (Å²) in [4.78, 5) is 2.67. The number of benzene rings is 1. The number of rotatable bonds is 5. The lowest BCUT2D eigenvalue weighted by molar-refractivity contribution is 0.141. The standard InChI is InChI=1S/C19H28N2/c1-15(16-6-8-19(20-2)9-7-16)10-12-21-13-11-17-4-3-5-18(17)14-21/h6-9,17-18,20H,1,3-5,10-14H2,2H3. The van der Waals surface area contributed by atoms with E-state index in [9.17, 15) is 0 Å². The van der Waals surface area contributed by atoms with Gasteiger partial charge in [-0.2, -0.15) is 0 Å². The Labute approximate surface area is 129 Å². The number of anilines is 1. The number of hydrogen-bond acceptors (Lipinski definition) is 2. The molecule has 0 spiro atoms. The third-order valence-electron chi connectivity index (χ3n) is 5.44. The van der Waals surface area contributed by atoms with Gasteiger partial charge in [0, 0.05) is 25.8 Å². The van der Waals surface area contributed by atoms with Crippen molar-refractivity contribution in [1.82, 2.24) is 4.90 Å². The van der Waals surface area contributed by atoms with E-state index in [4.69, 9.17) is 0 Å². The fraction of sp³-hybridized carbons (Fsp3) is 0.579. The molecule has 2 fully saturated rings. The highest BCUT2D eigenvalue weighted by atomic mass is 15.1. The molecule has 1 aromatic rings. The number of nitrogens with one attached hydrogen (secondary N) is 1. The Bertz CT molecular complexity index is 477. The predicted octanol–water partition coefficient (Wildman–Crippen LogP) is 4.25. The van der Waals surface area contributed by atoms with Crippen molar-refractivity contribution in [3.63, 3.8) is 0 Å². The summed E-state index contributed by atoms with van der Waals surface area (Å²) in [6, 6.07) is 8.61. The quantitative estimate of drug-likeness (QED) is 0.869. The van der Waals surface area contributed by atoms with E-state index in [-0.39, 0.29) is 0 Å². The van der Waals surface area contributed by atoms with Crippen LogP contribution in [0.25, 0.3) is 5.57 Å². The SMILES string of the molecule is C=C(CCN1CCC2CCCC2C1)c1ccc(NC)cc1. The van der Waals surface area contributed by atoms with Crippen LogP contribution in [0.15, 0.2) is 30.8 Å². The molecule has 1 N–H and O–H groups in total. The van der Waals surface area contributed by atoms with E-state index >= 15 is 0 Å². The average Bonchev–Trinajstić information content (AvgIpc) is 3.00. The van der Waals surface area contributed by atoms with Gasteiger partial charge < -0.3 is 10.2 Å². The van der Waals surface area contributed by atoms with Crippen LogP contribution in [0, 0.1) is 11.8 Å². The van der Waals surface area contributed by atoms with Crippen molar-refractivity contribution in [2.24, 2.45) is 11.8 Å². The smallest absolute Gasteiger partial charge is 0.0337 e. The van der Waals surface area contributed by atoms with Gasteiger partial charge in [-0.15, -0.1) is 0 Å². The first-order chi connectivity index (χ1) is 10.3. The normalized spacial score (nSPS) is 25.6. The summed E-state index contributed by atoms with van der Waals surface area (Å²) in [5.74, 6) is 2.03. The number of fused-ring (bicyclic) bond motifs is 1. The molecule has 2 unspecified atom stereocenters. The molecule has 2 aliphatic rings. The lowest BCUT2D eigenvalue weighted by Gasteiger charge is -2.35. The first kappa shape index (κ1) is 14.6. The summed E-state index contributed by atoms with van der Waals surface area (Å²) in [7, 11) is 1.95. The second kappa shape index (κ2) is 6.65.